The quantitative estimate of drug-likeness (QED) is 0.642. The molecule has 0 amide bonds. The van der Waals surface area contributed by atoms with Gasteiger partial charge in [-0.25, -0.2) is 0 Å². The third-order valence-corrected chi connectivity index (χ3v) is 2.45. The number of nitrogens with zero attached hydrogens (tertiary/aromatic N) is 1. The van der Waals surface area contributed by atoms with Gasteiger partial charge in [-0.05, 0) is 13.8 Å². The van der Waals surface area contributed by atoms with Crippen LogP contribution in [-0.2, 0) is 9.53 Å². The fourth-order valence-corrected chi connectivity index (χ4v) is 1.86. The van der Waals surface area contributed by atoms with E-state index >= 15 is 0 Å². The summed E-state index contributed by atoms with van der Waals surface area (Å²) in [5, 5.41) is 0. The van der Waals surface area contributed by atoms with Gasteiger partial charge in [-0.15, -0.1) is 0 Å². The molecule has 1 rings (SSSR count). The fourth-order valence-electron chi connectivity index (χ4n) is 1.86. The van der Waals surface area contributed by atoms with E-state index in [4.69, 9.17) is 4.74 Å². The van der Waals surface area contributed by atoms with Crippen LogP contribution in [0.1, 0.15) is 27.7 Å². The van der Waals surface area contributed by atoms with Crippen LogP contribution < -0.4 is 0 Å². The standard InChI is InChI=1S/C11H21NO2/c1-10(2,9-13)7-12-5-6-14-11(3,4)8-12/h9H,5-8H2,1-4H3. The minimum Gasteiger partial charge on any atom is -0.373 e. The third kappa shape index (κ3) is 3.39. The lowest BCUT2D eigenvalue weighted by Crippen LogP contribution is -2.51. The molecule has 0 radical (unpaired) electrons. The smallest absolute Gasteiger partial charge is 0.126 e. The van der Waals surface area contributed by atoms with Crippen LogP contribution in [0.15, 0.2) is 0 Å². The molecule has 1 aliphatic heterocycles. The summed E-state index contributed by atoms with van der Waals surface area (Å²) in [6.07, 6.45) is 1.04. The number of carbonyl (C=O) groups is 1. The first-order valence-corrected chi connectivity index (χ1v) is 5.17. The molecule has 0 spiro atoms. The van der Waals surface area contributed by atoms with E-state index in [2.05, 4.69) is 18.7 Å². The average molecular weight is 199 g/mol. The van der Waals surface area contributed by atoms with Gasteiger partial charge in [0, 0.05) is 25.0 Å². The van der Waals surface area contributed by atoms with E-state index in [0.717, 1.165) is 32.5 Å². The molecule has 1 aliphatic rings. The minimum absolute atomic E-state index is 0.0722. The topological polar surface area (TPSA) is 29.5 Å². The van der Waals surface area contributed by atoms with Crippen LogP contribution in [0.3, 0.4) is 0 Å². The van der Waals surface area contributed by atoms with Gasteiger partial charge >= 0.3 is 0 Å². The molecular formula is C11H21NO2. The molecule has 0 unspecified atom stereocenters. The molecule has 0 N–H and O–H groups in total. The van der Waals surface area contributed by atoms with Crippen molar-refractivity contribution in [3.63, 3.8) is 0 Å². The first-order valence-electron chi connectivity index (χ1n) is 5.17. The van der Waals surface area contributed by atoms with Crippen molar-refractivity contribution in [2.75, 3.05) is 26.2 Å². The molecule has 1 saturated heterocycles. The highest BCUT2D eigenvalue weighted by Gasteiger charge is 2.30. The van der Waals surface area contributed by atoms with Crippen LogP contribution in [0.5, 0.6) is 0 Å². The molecular weight excluding hydrogens is 178 g/mol. The van der Waals surface area contributed by atoms with Gasteiger partial charge in [0.2, 0.25) is 0 Å². The lowest BCUT2D eigenvalue weighted by atomic mass is 9.94. The summed E-state index contributed by atoms with van der Waals surface area (Å²) in [7, 11) is 0. The van der Waals surface area contributed by atoms with Crippen molar-refractivity contribution < 1.29 is 9.53 Å². The molecule has 0 aromatic rings. The maximum Gasteiger partial charge on any atom is 0.126 e. The molecule has 82 valence electrons. The van der Waals surface area contributed by atoms with Crippen molar-refractivity contribution in [1.29, 1.82) is 0 Å². The Hall–Kier alpha value is -0.410. The molecule has 3 heteroatoms. The first-order chi connectivity index (χ1) is 6.35. The number of hydrogen-bond donors (Lipinski definition) is 0. The highest BCUT2D eigenvalue weighted by atomic mass is 16.5. The van der Waals surface area contributed by atoms with Crippen LogP contribution in [0.25, 0.3) is 0 Å². The van der Waals surface area contributed by atoms with E-state index in [1.165, 1.54) is 0 Å². The van der Waals surface area contributed by atoms with Crippen molar-refractivity contribution in [3.05, 3.63) is 0 Å². The van der Waals surface area contributed by atoms with Crippen molar-refractivity contribution in [3.8, 4) is 0 Å². The number of carbonyl (C=O) groups excluding carboxylic acids is 1. The van der Waals surface area contributed by atoms with Gasteiger partial charge in [0.15, 0.2) is 0 Å². The monoisotopic (exact) mass is 199 g/mol. The van der Waals surface area contributed by atoms with Gasteiger partial charge < -0.3 is 9.53 Å². The molecule has 0 aromatic carbocycles. The normalized spacial score (nSPS) is 23.4. The summed E-state index contributed by atoms with van der Waals surface area (Å²) in [5.41, 5.74) is -0.315. The minimum atomic E-state index is -0.243. The molecule has 0 atom stereocenters. The molecule has 3 nitrogen and oxygen atoms in total. The number of morpholine rings is 1. The first kappa shape index (κ1) is 11.7. The Labute approximate surface area is 86.4 Å². The summed E-state index contributed by atoms with van der Waals surface area (Å²) in [5.74, 6) is 0. The van der Waals surface area contributed by atoms with E-state index < -0.39 is 0 Å². The fraction of sp³-hybridized carbons (Fsp3) is 0.909. The number of aldehydes is 1. The Bertz CT molecular complexity index is 211. The van der Waals surface area contributed by atoms with E-state index in [1.807, 2.05) is 13.8 Å². The molecule has 0 aliphatic carbocycles. The van der Waals surface area contributed by atoms with Gasteiger partial charge in [0.25, 0.3) is 0 Å². The van der Waals surface area contributed by atoms with Gasteiger partial charge in [-0.3, -0.25) is 4.90 Å². The Morgan fingerprint density at radius 3 is 2.64 bits per heavy atom. The van der Waals surface area contributed by atoms with Gasteiger partial charge in [0.1, 0.15) is 6.29 Å². The summed E-state index contributed by atoms with van der Waals surface area (Å²) < 4.78 is 5.61. The SMILES string of the molecule is CC(C)(C=O)CN1CCOC(C)(C)C1. The maximum atomic E-state index is 10.8. The lowest BCUT2D eigenvalue weighted by molar-refractivity contribution is -0.120. The highest BCUT2D eigenvalue weighted by Crippen LogP contribution is 2.20. The van der Waals surface area contributed by atoms with Crippen LogP contribution in [0.2, 0.25) is 0 Å². The second kappa shape index (κ2) is 3.99. The largest absolute Gasteiger partial charge is 0.373 e. The van der Waals surface area contributed by atoms with Crippen molar-refractivity contribution >= 4 is 6.29 Å². The van der Waals surface area contributed by atoms with Crippen LogP contribution >= 0.6 is 0 Å². The zero-order valence-electron chi connectivity index (χ0n) is 9.67. The van der Waals surface area contributed by atoms with Crippen LogP contribution in [0.4, 0.5) is 0 Å². The molecule has 0 aromatic heterocycles. The number of ether oxygens (including phenoxy) is 1. The van der Waals surface area contributed by atoms with Gasteiger partial charge in [-0.1, -0.05) is 13.8 Å². The molecule has 0 saturated carbocycles. The third-order valence-electron chi connectivity index (χ3n) is 2.45. The maximum absolute atomic E-state index is 10.8. The zero-order valence-corrected chi connectivity index (χ0v) is 9.67. The summed E-state index contributed by atoms with van der Waals surface area (Å²) in [4.78, 5) is 13.1. The second-order valence-electron chi connectivity index (χ2n) is 5.43. The number of rotatable bonds is 3. The van der Waals surface area contributed by atoms with Crippen LogP contribution in [0, 0.1) is 5.41 Å². The summed E-state index contributed by atoms with van der Waals surface area (Å²) >= 11 is 0. The highest BCUT2D eigenvalue weighted by molar-refractivity contribution is 5.58. The van der Waals surface area contributed by atoms with Crippen molar-refractivity contribution in [2.45, 2.75) is 33.3 Å². The van der Waals surface area contributed by atoms with Gasteiger partial charge in [0.05, 0.1) is 12.2 Å². The molecule has 1 heterocycles. The second-order valence-corrected chi connectivity index (χ2v) is 5.43. The van der Waals surface area contributed by atoms with E-state index in [9.17, 15) is 4.79 Å². The summed E-state index contributed by atoms with van der Waals surface area (Å²) in [6.45, 7) is 11.6. The predicted octanol–water partition coefficient (Wildman–Crippen LogP) is 1.32. The van der Waals surface area contributed by atoms with E-state index in [1.54, 1.807) is 0 Å². The van der Waals surface area contributed by atoms with E-state index in [0.29, 0.717) is 0 Å². The zero-order chi connectivity index (χ0) is 10.8. The number of hydrogen-bond acceptors (Lipinski definition) is 3. The van der Waals surface area contributed by atoms with E-state index in [-0.39, 0.29) is 11.0 Å². The van der Waals surface area contributed by atoms with Crippen molar-refractivity contribution in [1.82, 2.24) is 4.90 Å². The van der Waals surface area contributed by atoms with Gasteiger partial charge in [-0.2, -0.15) is 0 Å². The molecule has 0 bridgehead atoms. The van der Waals surface area contributed by atoms with Crippen LogP contribution in [-0.4, -0.2) is 43.0 Å². The average Bonchev–Trinajstić information content (AvgIpc) is 2.01. The molecule has 14 heavy (non-hydrogen) atoms. The lowest BCUT2D eigenvalue weighted by Gasteiger charge is -2.40. The Morgan fingerprint density at radius 1 is 1.50 bits per heavy atom. The van der Waals surface area contributed by atoms with Crippen molar-refractivity contribution in [2.24, 2.45) is 5.41 Å². The Balaban J connectivity index is 2.50. The molecule has 1 fully saturated rings. The Morgan fingerprint density at radius 2 is 2.14 bits per heavy atom. The summed E-state index contributed by atoms with van der Waals surface area (Å²) in [6, 6.07) is 0. The Kier molecular flexibility index (Phi) is 3.32. The predicted molar refractivity (Wildman–Crippen MR) is 56.3 cm³/mol.